The van der Waals surface area contributed by atoms with E-state index in [1.807, 2.05) is 6.07 Å². The molecule has 1 nitrogen and oxygen atoms in total. The van der Waals surface area contributed by atoms with Gasteiger partial charge in [0, 0.05) is 11.1 Å². The van der Waals surface area contributed by atoms with Crippen LogP contribution >= 0.6 is 15.9 Å². The van der Waals surface area contributed by atoms with Crippen LogP contribution in [0.15, 0.2) is 22.7 Å². The minimum atomic E-state index is -1.72. The van der Waals surface area contributed by atoms with Crippen LogP contribution in [0.3, 0.4) is 0 Å². The highest BCUT2D eigenvalue weighted by atomic mass is 79.9. The van der Waals surface area contributed by atoms with Crippen LogP contribution in [0.2, 0.25) is 18.1 Å². The summed E-state index contributed by atoms with van der Waals surface area (Å²) in [5.74, 6) is -0.156. The fraction of sp³-hybridized carbons (Fsp3) is 0.571. The monoisotopic (exact) mass is 332 g/mol. The molecule has 0 fully saturated rings. The quantitative estimate of drug-likeness (QED) is 0.692. The molecule has 1 aromatic rings. The molecule has 0 saturated heterocycles. The fourth-order valence-electron chi connectivity index (χ4n) is 1.37. The average Bonchev–Trinajstić information content (AvgIpc) is 2.21. The van der Waals surface area contributed by atoms with Crippen molar-refractivity contribution in [3.63, 3.8) is 0 Å². The third kappa shape index (κ3) is 4.18. The van der Waals surface area contributed by atoms with Crippen molar-refractivity contribution in [2.75, 3.05) is 6.61 Å². The summed E-state index contributed by atoms with van der Waals surface area (Å²) >= 11 is 3.36. The topological polar surface area (TPSA) is 9.23 Å². The third-order valence-electron chi connectivity index (χ3n) is 3.65. The molecule has 0 bridgehead atoms. The van der Waals surface area contributed by atoms with E-state index in [0.29, 0.717) is 18.6 Å². The van der Waals surface area contributed by atoms with Crippen LogP contribution in [0.1, 0.15) is 26.3 Å². The number of rotatable bonds is 4. The maximum atomic E-state index is 13.6. The summed E-state index contributed by atoms with van der Waals surface area (Å²) in [7, 11) is -1.72. The van der Waals surface area contributed by atoms with Crippen LogP contribution in [0, 0.1) is 5.82 Å². The summed E-state index contributed by atoms with van der Waals surface area (Å²) in [6, 6.07) is 5.03. The largest absolute Gasteiger partial charge is 0.416 e. The van der Waals surface area contributed by atoms with E-state index >= 15 is 0 Å². The molecular formula is C14H22BrFOSi. The molecule has 1 aromatic carbocycles. The zero-order chi connectivity index (χ0) is 14.0. The van der Waals surface area contributed by atoms with Crippen LogP contribution < -0.4 is 0 Å². The van der Waals surface area contributed by atoms with Gasteiger partial charge in [-0.15, -0.1) is 0 Å². The Morgan fingerprint density at radius 1 is 1.28 bits per heavy atom. The van der Waals surface area contributed by atoms with Crippen LogP contribution in [0.25, 0.3) is 0 Å². The van der Waals surface area contributed by atoms with E-state index in [1.54, 1.807) is 6.07 Å². The summed E-state index contributed by atoms with van der Waals surface area (Å²) in [6.45, 7) is 11.6. The summed E-state index contributed by atoms with van der Waals surface area (Å²) in [6.07, 6.45) is 0.623. The Kier molecular flexibility index (Phi) is 5.15. The molecule has 0 aliphatic carbocycles. The molecule has 1 rings (SSSR count). The van der Waals surface area contributed by atoms with Gasteiger partial charge >= 0.3 is 0 Å². The van der Waals surface area contributed by atoms with Gasteiger partial charge in [0.15, 0.2) is 8.32 Å². The van der Waals surface area contributed by atoms with Crippen LogP contribution in [0.5, 0.6) is 0 Å². The van der Waals surface area contributed by atoms with Gasteiger partial charge in [0.1, 0.15) is 5.82 Å². The molecule has 0 aliphatic rings. The summed E-state index contributed by atoms with van der Waals surface area (Å²) in [5.41, 5.74) is 0.711. The average molecular weight is 333 g/mol. The smallest absolute Gasteiger partial charge is 0.191 e. The van der Waals surface area contributed by atoms with E-state index in [2.05, 4.69) is 49.8 Å². The molecule has 0 atom stereocenters. The van der Waals surface area contributed by atoms with Crippen molar-refractivity contribution in [1.29, 1.82) is 0 Å². The maximum absolute atomic E-state index is 13.6. The minimum Gasteiger partial charge on any atom is -0.416 e. The summed E-state index contributed by atoms with van der Waals surface area (Å²) in [4.78, 5) is 0. The summed E-state index contributed by atoms with van der Waals surface area (Å²) in [5, 5.41) is 0.197. The van der Waals surface area contributed by atoms with E-state index in [-0.39, 0.29) is 10.9 Å². The lowest BCUT2D eigenvalue weighted by Gasteiger charge is -2.36. The van der Waals surface area contributed by atoms with Crippen molar-refractivity contribution in [1.82, 2.24) is 0 Å². The Hall–Kier alpha value is -0.193. The van der Waals surface area contributed by atoms with Crippen molar-refractivity contribution in [2.45, 2.75) is 45.3 Å². The fourth-order valence-corrected chi connectivity index (χ4v) is 2.82. The van der Waals surface area contributed by atoms with Crippen LogP contribution in [-0.4, -0.2) is 14.9 Å². The van der Waals surface area contributed by atoms with Crippen LogP contribution in [0.4, 0.5) is 4.39 Å². The van der Waals surface area contributed by atoms with E-state index in [1.165, 1.54) is 6.07 Å². The van der Waals surface area contributed by atoms with Gasteiger partial charge in [0.25, 0.3) is 0 Å². The normalized spacial score (nSPS) is 12.8. The van der Waals surface area contributed by atoms with Crippen molar-refractivity contribution in [3.05, 3.63) is 34.1 Å². The Balaban J connectivity index is 2.59. The molecule has 18 heavy (non-hydrogen) atoms. The molecule has 0 saturated carbocycles. The maximum Gasteiger partial charge on any atom is 0.191 e. The van der Waals surface area contributed by atoms with Gasteiger partial charge in [0.05, 0.1) is 0 Å². The van der Waals surface area contributed by atoms with Gasteiger partial charge in [-0.3, -0.25) is 0 Å². The Bertz CT molecular complexity index is 413. The van der Waals surface area contributed by atoms with Crippen LogP contribution in [-0.2, 0) is 10.8 Å². The third-order valence-corrected chi connectivity index (χ3v) is 8.68. The SMILES string of the molecule is CC(C)(C)[Si](C)(C)OCCc1cc(Br)ccc1F. The van der Waals surface area contributed by atoms with Crippen molar-refractivity contribution in [2.24, 2.45) is 0 Å². The molecular weight excluding hydrogens is 311 g/mol. The second-order valence-corrected chi connectivity index (χ2v) is 11.8. The number of hydrogen-bond donors (Lipinski definition) is 0. The first-order valence-corrected chi connectivity index (χ1v) is 9.91. The molecule has 0 spiro atoms. The first-order chi connectivity index (χ1) is 8.13. The Labute approximate surface area is 119 Å². The first kappa shape index (κ1) is 15.9. The molecule has 0 heterocycles. The van der Waals surface area contributed by atoms with E-state index in [4.69, 9.17) is 4.43 Å². The zero-order valence-corrected chi connectivity index (χ0v) is 14.4. The van der Waals surface area contributed by atoms with Gasteiger partial charge in [-0.2, -0.15) is 0 Å². The highest BCUT2D eigenvalue weighted by Gasteiger charge is 2.36. The van der Waals surface area contributed by atoms with E-state index in [9.17, 15) is 4.39 Å². The standard InChI is InChI=1S/C14H22BrFOSi/c1-14(2,3)18(4,5)17-9-8-11-10-12(15)6-7-13(11)16/h6-7,10H,8-9H2,1-5H3. The highest BCUT2D eigenvalue weighted by Crippen LogP contribution is 2.36. The van der Waals surface area contributed by atoms with Gasteiger partial charge in [0.2, 0.25) is 0 Å². The lowest BCUT2D eigenvalue weighted by atomic mass is 10.1. The van der Waals surface area contributed by atoms with Crippen molar-refractivity contribution >= 4 is 24.2 Å². The lowest BCUT2D eigenvalue weighted by Crippen LogP contribution is -2.41. The molecule has 0 aromatic heterocycles. The molecule has 0 amide bonds. The van der Waals surface area contributed by atoms with Gasteiger partial charge in [-0.25, -0.2) is 4.39 Å². The highest BCUT2D eigenvalue weighted by molar-refractivity contribution is 9.10. The van der Waals surface area contributed by atoms with Crippen molar-refractivity contribution < 1.29 is 8.82 Å². The second-order valence-electron chi connectivity index (χ2n) is 6.09. The molecule has 102 valence electrons. The number of benzene rings is 1. The van der Waals surface area contributed by atoms with E-state index < -0.39 is 8.32 Å². The lowest BCUT2D eigenvalue weighted by molar-refractivity contribution is 0.290. The van der Waals surface area contributed by atoms with Gasteiger partial charge in [-0.1, -0.05) is 36.7 Å². The second kappa shape index (κ2) is 5.84. The molecule has 0 N–H and O–H groups in total. The van der Waals surface area contributed by atoms with E-state index in [0.717, 1.165) is 4.47 Å². The molecule has 4 heteroatoms. The zero-order valence-electron chi connectivity index (χ0n) is 11.8. The molecule has 0 radical (unpaired) electrons. The van der Waals surface area contributed by atoms with Gasteiger partial charge < -0.3 is 4.43 Å². The Morgan fingerprint density at radius 2 is 1.89 bits per heavy atom. The van der Waals surface area contributed by atoms with Crippen molar-refractivity contribution in [3.8, 4) is 0 Å². The Morgan fingerprint density at radius 3 is 2.44 bits per heavy atom. The predicted molar refractivity (Wildman–Crippen MR) is 81.0 cm³/mol. The number of halogens is 2. The molecule has 0 unspecified atom stereocenters. The summed E-state index contributed by atoms with van der Waals surface area (Å²) < 4.78 is 20.5. The number of hydrogen-bond acceptors (Lipinski definition) is 1. The predicted octanol–water partition coefficient (Wildman–Crippen LogP) is 5.15. The molecule has 0 aliphatic heterocycles. The van der Waals surface area contributed by atoms with Gasteiger partial charge in [-0.05, 0) is 48.3 Å². The first-order valence-electron chi connectivity index (χ1n) is 6.21. The minimum absolute atomic E-state index is 0.156.